The molecule has 2 aliphatic rings. The molecule has 2 N–H and O–H groups in total. The summed E-state index contributed by atoms with van der Waals surface area (Å²) in [7, 11) is 0. The van der Waals surface area contributed by atoms with Crippen LogP contribution >= 0.6 is 0 Å². The van der Waals surface area contributed by atoms with Crippen LogP contribution in [0.2, 0.25) is 0 Å². The zero-order chi connectivity index (χ0) is 25.5. The van der Waals surface area contributed by atoms with Crippen LogP contribution in [0.1, 0.15) is 61.0 Å². The van der Waals surface area contributed by atoms with Gasteiger partial charge in [-0.2, -0.15) is 13.2 Å². The van der Waals surface area contributed by atoms with Gasteiger partial charge in [0.15, 0.2) is 0 Å². The molecule has 0 atom stereocenters. The summed E-state index contributed by atoms with van der Waals surface area (Å²) in [5.41, 5.74) is 6.89. The summed E-state index contributed by atoms with van der Waals surface area (Å²) >= 11 is 0. The molecule has 1 aliphatic heterocycles. The van der Waals surface area contributed by atoms with Gasteiger partial charge in [-0.15, -0.1) is 0 Å². The van der Waals surface area contributed by atoms with Crippen molar-refractivity contribution in [3.05, 3.63) is 52.8 Å². The second-order valence-electron chi connectivity index (χ2n) is 10.2. The highest BCUT2D eigenvalue weighted by Gasteiger charge is 2.42. The molecule has 1 amide bonds. The van der Waals surface area contributed by atoms with Crippen molar-refractivity contribution < 1.29 is 31.9 Å². The highest BCUT2D eigenvalue weighted by molar-refractivity contribution is 5.96. The van der Waals surface area contributed by atoms with Crippen molar-refractivity contribution in [2.75, 3.05) is 6.54 Å². The molecular weight excluding hydrogens is 464 g/mol. The third-order valence-electron chi connectivity index (χ3n) is 7.17. The molecule has 35 heavy (non-hydrogen) atoms. The zero-order valence-electron chi connectivity index (χ0n) is 19.7. The van der Waals surface area contributed by atoms with Gasteiger partial charge in [0.05, 0.1) is 11.1 Å². The van der Waals surface area contributed by atoms with Crippen LogP contribution in [0, 0.1) is 11.2 Å². The molecule has 188 valence electrons. The lowest BCUT2D eigenvalue weighted by atomic mass is 9.75. The van der Waals surface area contributed by atoms with Gasteiger partial charge in [-0.25, -0.2) is 9.18 Å². The smallest absolute Gasteiger partial charge is 0.419 e. The first kappa shape index (κ1) is 25.2. The van der Waals surface area contributed by atoms with E-state index in [4.69, 9.17) is 5.73 Å². The lowest BCUT2D eigenvalue weighted by Gasteiger charge is -2.42. The molecule has 0 bridgehead atoms. The van der Waals surface area contributed by atoms with E-state index in [0.29, 0.717) is 17.9 Å². The summed E-state index contributed by atoms with van der Waals surface area (Å²) in [6.45, 7) is 6.15. The number of hydrogen-bond acceptors (Lipinski definition) is 4. The number of fused-ring (bicyclic) bond motifs is 1. The summed E-state index contributed by atoms with van der Waals surface area (Å²) in [4.78, 5) is 25.5. The van der Waals surface area contributed by atoms with E-state index in [-0.39, 0.29) is 5.56 Å². The number of carbonyl (C=O) groups is 2. The number of nitrogens with zero attached hydrogens (tertiary/aromatic N) is 1. The first-order chi connectivity index (χ1) is 16.4. The van der Waals surface area contributed by atoms with Crippen molar-refractivity contribution in [3.8, 4) is 16.9 Å². The van der Waals surface area contributed by atoms with Crippen molar-refractivity contribution in [3.63, 3.8) is 0 Å². The molecule has 0 spiro atoms. The van der Waals surface area contributed by atoms with Crippen molar-refractivity contribution in [2.45, 2.75) is 64.7 Å². The fourth-order valence-electron chi connectivity index (χ4n) is 5.05. The van der Waals surface area contributed by atoms with Gasteiger partial charge >= 0.3 is 12.1 Å². The number of alkyl halides is 3. The zero-order valence-corrected chi connectivity index (χ0v) is 19.7. The minimum Gasteiger partial charge on any atom is -0.419 e. The van der Waals surface area contributed by atoms with Crippen LogP contribution in [-0.2, 0) is 17.8 Å². The number of nitrogens with two attached hydrogens (primary N) is 1. The lowest BCUT2D eigenvalue weighted by Crippen LogP contribution is -2.42. The van der Waals surface area contributed by atoms with Crippen LogP contribution in [0.3, 0.4) is 0 Å². The minimum absolute atomic E-state index is 0.210. The van der Waals surface area contributed by atoms with Gasteiger partial charge in [0.25, 0.3) is 5.91 Å². The summed E-state index contributed by atoms with van der Waals surface area (Å²) in [5, 5.41) is 0. The van der Waals surface area contributed by atoms with Crippen molar-refractivity contribution >= 4 is 11.9 Å². The summed E-state index contributed by atoms with van der Waals surface area (Å²) < 4.78 is 58.1. The summed E-state index contributed by atoms with van der Waals surface area (Å²) in [6.07, 6.45) is 0.0598. The molecule has 1 aliphatic carbocycles. The van der Waals surface area contributed by atoms with Gasteiger partial charge in [0.2, 0.25) is 0 Å². The van der Waals surface area contributed by atoms with Crippen molar-refractivity contribution in [1.29, 1.82) is 0 Å². The minimum atomic E-state index is -5.26. The molecule has 1 fully saturated rings. The molecule has 9 heteroatoms. The SMILES string of the molecule is CC1(C)CCC(N2CCc3cc(-c4c(OC(=O)C(F)(F)F)ccc(C(N)=O)c4F)ccc3C2)CC1. The van der Waals surface area contributed by atoms with E-state index in [1.165, 1.54) is 12.8 Å². The standard InChI is InChI=1S/C26H28F4N2O3/c1-25(2)10-7-18(8-11-25)32-12-9-15-13-16(3-4-17(15)14-32)21-20(35-24(34)26(28,29)30)6-5-19(22(21)27)23(31)33/h3-6,13,18H,7-12,14H2,1-2H3,(H2,31,33). The quantitative estimate of drug-likeness (QED) is 0.353. The maximum absolute atomic E-state index is 15.2. The third kappa shape index (κ3) is 5.34. The molecule has 2 aromatic rings. The van der Waals surface area contributed by atoms with Gasteiger partial charge in [0, 0.05) is 19.1 Å². The lowest BCUT2D eigenvalue weighted by molar-refractivity contribution is -0.189. The summed E-state index contributed by atoms with van der Waals surface area (Å²) in [6, 6.07) is 7.44. The predicted octanol–water partition coefficient (Wildman–Crippen LogP) is 5.39. The number of primary amides is 1. The van der Waals surface area contributed by atoms with E-state index in [0.717, 1.165) is 49.2 Å². The number of amides is 1. The van der Waals surface area contributed by atoms with E-state index < -0.39 is 40.7 Å². The Labute approximate surface area is 201 Å². The van der Waals surface area contributed by atoms with Gasteiger partial charge in [0.1, 0.15) is 11.6 Å². The average Bonchev–Trinajstić information content (AvgIpc) is 2.78. The topological polar surface area (TPSA) is 72.6 Å². The fraction of sp³-hybridized carbons (Fsp3) is 0.462. The van der Waals surface area contributed by atoms with E-state index >= 15 is 4.39 Å². The Kier molecular flexibility index (Phi) is 6.66. The molecule has 2 aromatic carbocycles. The third-order valence-corrected chi connectivity index (χ3v) is 7.17. The fourth-order valence-corrected chi connectivity index (χ4v) is 5.05. The Morgan fingerprint density at radius 3 is 2.40 bits per heavy atom. The molecule has 1 saturated carbocycles. The second kappa shape index (κ2) is 9.26. The molecule has 4 rings (SSSR count). The van der Waals surface area contributed by atoms with Crippen LogP contribution in [0.5, 0.6) is 5.75 Å². The predicted molar refractivity (Wildman–Crippen MR) is 122 cm³/mol. The number of carbonyl (C=O) groups excluding carboxylic acids is 2. The number of halogens is 4. The first-order valence-corrected chi connectivity index (χ1v) is 11.6. The Bertz CT molecular complexity index is 1150. The van der Waals surface area contributed by atoms with Gasteiger partial charge in [-0.05, 0) is 66.3 Å². The maximum atomic E-state index is 15.2. The van der Waals surface area contributed by atoms with Crippen LogP contribution in [0.25, 0.3) is 11.1 Å². The first-order valence-electron chi connectivity index (χ1n) is 11.6. The Morgan fingerprint density at radius 1 is 1.09 bits per heavy atom. The molecular formula is C26H28F4N2O3. The molecule has 0 saturated heterocycles. The Balaban J connectivity index is 1.64. The van der Waals surface area contributed by atoms with Gasteiger partial charge in [-0.1, -0.05) is 32.0 Å². The van der Waals surface area contributed by atoms with Gasteiger partial charge < -0.3 is 10.5 Å². The normalized spacial score (nSPS) is 18.7. The number of hydrogen-bond donors (Lipinski definition) is 1. The molecule has 1 heterocycles. The van der Waals surface area contributed by atoms with E-state index in [9.17, 15) is 22.8 Å². The molecule has 0 aromatic heterocycles. The number of ether oxygens (including phenoxy) is 1. The highest BCUT2D eigenvalue weighted by atomic mass is 19.4. The van der Waals surface area contributed by atoms with Crippen LogP contribution < -0.4 is 10.5 Å². The van der Waals surface area contributed by atoms with Crippen LogP contribution in [0.15, 0.2) is 30.3 Å². The molecule has 5 nitrogen and oxygen atoms in total. The molecule has 0 radical (unpaired) electrons. The second-order valence-corrected chi connectivity index (χ2v) is 10.2. The van der Waals surface area contributed by atoms with Crippen molar-refractivity contribution in [2.24, 2.45) is 11.1 Å². The number of benzene rings is 2. The van der Waals surface area contributed by atoms with E-state index in [2.05, 4.69) is 23.5 Å². The van der Waals surface area contributed by atoms with E-state index in [1.54, 1.807) is 12.1 Å². The monoisotopic (exact) mass is 492 g/mol. The Hall–Kier alpha value is -2.94. The Morgan fingerprint density at radius 2 is 1.77 bits per heavy atom. The van der Waals surface area contributed by atoms with E-state index in [1.807, 2.05) is 6.07 Å². The summed E-state index contributed by atoms with van der Waals surface area (Å²) in [5.74, 6) is -5.32. The average molecular weight is 493 g/mol. The molecule has 0 unspecified atom stereocenters. The van der Waals surface area contributed by atoms with Crippen molar-refractivity contribution in [1.82, 2.24) is 4.90 Å². The van der Waals surface area contributed by atoms with Crippen LogP contribution in [-0.4, -0.2) is 35.5 Å². The van der Waals surface area contributed by atoms with Gasteiger partial charge in [-0.3, -0.25) is 9.69 Å². The maximum Gasteiger partial charge on any atom is 0.491 e. The highest BCUT2D eigenvalue weighted by Crippen LogP contribution is 2.40. The number of rotatable bonds is 4. The largest absolute Gasteiger partial charge is 0.491 e. The number of esters is 1. The van der Waals surface area contributed by atoms with Crippen LogP contribution in [0.4, 0.5) is 17.6 Å².